The van der Waals surface area contributed by atoms with Crippen LogP contribution in [0.3, 0.4) is 0 Å². The smallest absolute Gasteiger partial charge is 0.311 e. The standard InChI is InChI=1S/C26H35N7O4/c1-3-18-7-9-19(10-8-18)20-16-30-21(25(20)32-24(34)17-28-13-5-15-37-2)6-4-14-29-23-12-11-22(33(35)36)26(27)31-23/h7-12,16,28,30H,3-6,13-15,17H2,1-2H3,(H,32,34)(H3,27,29,31). The minimum absolute atomic E-state index is 0.117. The van der Waals surface area contributed by atoms with Crippen LogP contribution in [0.1, 0.15) is 31.0 Å². The van der Waals surface area contributed by atoms with Gasteiger partial charge in [-0.3, -0.25) is 14.9 Å². The molecule has 3 aromatic rings. The molecule has 3 rings (SSSR count). The summed E-state index contributed by atoms with van der Waals surface area (Å²) in [6.45, 7) is 4.23. The molecule has 0 unspecified atom stereocenters. The number of H-pyrrole nitrogens is 1. The number of ether oxygens (including phenoxy) is 1. The van der Waals surface area contributed by atoms with Gasteiger partial charge in [0.25, 0.3) is 0 Å². The average Bonchev–Trinajstić information content (AvgIpc) is 3.28. The van der Waals surface area contributed by atoms with Crippen LogP contribution in [0.2, 0.25) is 0 Å². The number of nitrogens with one attached hydrogen (secondary N) is 4. The van der Waals surface area contributed by atoms with Crippen molar-refractivity contribution in [2.24, 2.45) is 0 Å². The SMILES string of the molecule is CCc1ccc(-c2c[nH]c(CCCNc3ccc([N+](=O)[O-])c(N)n3)c2NC(=O)CNCCCOC)cc1. The molecule has 0 aliphatic rings. The summed E-state index contributed by atoms with van der Waals surface area (Å²) in [5.74, 6) is 0.228. The van der Waals surface area contributed by atoms with Crippen molar-refractivity contribution >= 4 is 28.9 Å². The van der Waals surface area contributed by atoms with E-state index in [1.165, 1.54) is 17.7 Å². The first-order chi connectivity index (χ1) is 17.9. The third-order valence-electron chi connectivity index (χ3n) is 5.90. The van der Waals surface area contributed by atoms with Crippen molar-refractivity contribution in [3.05, 3.63) is 64.0 Å². The third kappa shape index (κ3) is 8.02. The number of benzene rings is 1. The zero-order valence-electron chi connectivity index (χ0n) is 21.3. The maximum Gasteiger partial charge on any atom is 0.311 e. The number of amides is 1. The van der Waals surface area contributed by atoms with Crippen molar-refractivity contribution in [2.75, 3.05) is 49.7 Å². The molecule has 0 fully saturated rings. The Hall–Kier alpha value is -3.96. The Morgan fingerprint density at radius 3 is 2.62 bits per heavy atom. The molecule has 11 nitrogen and oxygen atoms in total. The molecule has 198 valence electrons. The molecule has 37 heavy (non-hydrogen) atoms. The van der Waals surface area contributed by atoms with Crippen LogP contribution < -0.4 is 21.7 Å². The Bertz CT molecular complexity index is 1180. The number of hydrogen-bond acceptors (Lipinski definition) is 8. The molecular weight excluding hydrogens is 474 g/mol. The van der Waals surface area contributed by atoms with E-state index in [9.17, 15) is 14.9 Å². The van der Waals surface area contributed by atoms with E-state index in [1.54, 1.807) is 7.11 Å². The van der Waals surface area contributed by atoms with Gasteiger partial charge in [0.1, 0.15) is 5.82 Å². The van der Waals surface area contributed by atoms with Gasteiger partial charge in [-0.1, -0.05) is 31.2 Å². The Morgan fingerprint density at radius 2 is 1.95 bits per heavy atom. The molecule has 2 heterocycles. The lowest BCUT2D eigenvalue weighted by atomic mass is 10.0. The van der Waals surface area contributed by atoms with Crippen LogP contribution >= 0.6 is 0 Å². The molecule has 0 saturated carbocycles. The van der Waals surface area contributed by atoms with Gasteiger partial charge in [-0.15, -0.1) is 0 Å². The van der Waals surface area contributed by atoms with Gasteiger partial charge in [-0.2, -0.15) is 0 Å². The Labute approximate surface area is 216 Å². The van der Waals surface area contributed by atoms with Crippen LogP contribution in [-0.2, 0) is 22.4 Å². The van der Waals surface area contributed by atoms with Gasteiger partial charge in [-0.05, 0) is 49.4 Å². The van der Waals surface area contributed by atoms with E-state index in [-0.39, 0.29) is 24.0 Å². The normalized spacial score (nSPS) is 10.9. The lowest BCUT2D eigenvalue weighted by Crippen LogP contribution is -2.29. The van der Waals surface area contributed by atoms with Crippen LogP contribution in [-0.4, -0.2) is 54.1 Å². The monoisotopic (exact) mass is 509 g/mol. The van der Waals surface area contributed by atoms with Gasteiger partial charge < -0.3 is 31.4 Å². The fourth-order valence-corrected chi connectivity index (χ4v) is 3.88. The number of methoxy groups -OCH3 is 1. The molecular formula is C26H35N7O4. The Kier molecular flexibility index (Phi) is 10.4. The van der Waals surface area contributed by atoms with E-state index in [4.69, 9.17) is 10.5 Å². The molecule has 2 aromatic heterocycles. The topological polar surface area (TPSA) is 160 Å². The van der Waals surface area contributed by atoms with Crippen LogP contribution in [0.4, 0.5) is 23.0 Å². The van der Waals surface area contributed by atoms with Crippen LogP contribution in [0.5, 0.6) is 0 Å². The van der Waals surface area contributed by atoms with E-state index in [1.807, 2.05) is 6.20 Å². The molecule has 0 spiro atoms. The second kappa shape index (κ2) is 14.0. The number of nitrogen functional groups attached to an aromatic ring is 1. The number of anilines is 3. The zero-order chi connectivity index (χ0) is 26.6. The number of nitrogens with zero attached hydrogens (tertiary/aromatic N) is 2. The minimum atomic E-state index is -0.560. The third-order valence-corrected chi connectivity index (χ3v) is 5.90. The lowest BCUT2D eigenvalue weighted by Gasteiger charge is -2.12. The number of pyridine rings is 1. The summed E-state index contributed by atoms with van der Waals surface area (Å²) in [4.78, 5) is 30.4. The summed E-state index contributed by atoms with van der Waals surface area (Å²) < 4.78 is 5.04. The summed E-state index contributed by atoms with van der Waals surface area (Å²) >= 11 is 0. The molecule has 11 heteroatoms. The largest absolute Gasteiger partial charge is 0.385 e. The van der Waals surface area contributed by atoms with E-state index in [0.29, 0.717) is 31.9 Å². The number of nitrogens with two attached hydrogens (primary N) is 1. The maximum atomic E-state index is 12.7. The second-order valence-electron chi connectivity index (χ2n) is 8.57. The predicted octanol–water partition coefficient (Wildman–Crippen LogP) is 3.74. The van der Waals surface area contributed by atoms with Crippen molar-refractivity contribution in [3.8, 4) is 11.1 Å². The molecule has 1 amide bonds. The first-order valence-electron chi connectivity index (χ1n) is 12.4. The van der Waals surface area contributed by atoms with Crippen molar-refractivity contribution in [1.29, 1.82) is 0 Å². The highest BCUT2D eigenvalue weighted by atomic mass is 16.6. The predicted molar refractivity (Wildman–Crippen MR) is 146 cm³/mol. The number of nitro groups is 1. The number of rotatable bonds is 15. The molecule has 0 atom stereocenters. The Balaban J connectivity index is 1.66. The van der Waals surface area contributed by atoms with Gasteiger partial charge in [-0.25, -0.2) is 4.98 Å². The summed E-state index contributed by atoms with van der Waals surface area (Å²) in [6, 6.07) is 11.2. The summed E-state index contributed by atoms with van der Waals surface area (Å²) in [6.07, 6.45) is 5.10. The first-order valence-corrected chi connectivity index (χ1v) is 12.4. The van der Waals surface area contributed by atoms with Crippen molar-refractivity contribution in [3.63, 3.8) is 0 Å². The minimum Gasteiger partial charge on any atom is -0.385 e. The van der Waals surface area contributed by atoms with Crippen LogP contribution in [0, 0.1) is 10.1 Å². The van der Waals surface area contributed by atoms with Gasteiger partial charge >= 0.3 is 5.69 Å². The highest BCUT2D eigenvalue weighted by Gasteiger charge is 2.16. The van der Waals surface area contributed by atoms with Crippen molar-refractivity contribution in [2.45, 2.75) is 32.6 Å². The average molecular weight is 510 g/mol. The van der Waals surface area contributed by atoms with E-state index < -0.39 is 4.92 Å². The molecule has 6 N–H and O–H groups in total. The van der Waals surface area contributed by atoms with Gasteiger partial charge in [0.15, 0.2) is 0 Å². The number of aryl methyl sites for hydroxylation is 2. The zero-order valence-corrected chi connectivity index (χ0v) is 21.3. The quantitative estimate of drug-likeness (QED) is 0.118. The van der Waals surface area contributed by atoms with E-state index >= 15 is 0 Å². The fourth-order valence-electron chi connectivity index (χ4n) is 3.88. The number of carbonyl (C=O) groups excluding carboxylic acids is 1. The van der Waals surface area contributed by atoms with Gasteiger partial charge in [0, 0.05) is 43.8 Å². The second-order valence-corrected chi connectivity index (χ2v) is 8.57. The molecule has 0 aliphatic heterocycles. The lowest BCUT2D eigenvalue weighted by molar-refractivity contribution is -0.384. The Morgan fingerprint density at radius 1 is 1.16 bits per heavy atom. The highest BCUT2D eigenvalue weighted by molar-refractivity contribution is 5.97. The summed E-state index contributed by atoms with van der Waals surface area (Å²) in [7, 11) is 1.65. The van der Waals surface area contributed by atoms with Crippen molar-refractivity contribution in [1.82, 2.24) is 15.3 Å². The molecule has 0 aliphatic carbocycles. The molecule has 0 bridgehead atoms. The number of aromatic nitrogens is 2. The molecule has 0 saturated heterocycles. The van der Waals surface area contributed by atoms with Gasteiger partial charge in [0.2, 0.25) is 11.7 Å². The summed E-state index contributed by atoms with van der Waals surface area (Å²) in [5.41, 5.74) is 10.3. The molecule has 0 radical (unpaired) electrons. The number of hydrogen-bond donors (Lipinski definition) is 5. The maximum absolute atomic E-state index is 12.7. The van der Waals surface area contributed by atoms with E-state index in [0.717, 1.165) is 41.8 Å². The van der Waals surface area contributed by atoms with Gasteiger partial charge in [0.05, 0.1) is 17.2 Å². The number of aromatic amines is 1. The van der Waals surface area contributed by atoms with E-state index in [2.05, 4.69) is 57.1 Å². The van der Waals surface area contributed by atoms with Crippen LogP contribution in [0.15, 0.2) is 42.6 Å². The highest BCUT2D eigenvalue weighted by Crippen LogP contribution is 2.32. The molecule has 1 aromatic carbocycles. The fraction of sp³-hybridized carbons (Fsp3) is 0.385. The summed E-state index contributed by atoms with van der Waals surface area (Å²) in [5, 5.41) is 20.3. The number of carbonyl (C=O) groups is 1. The van der Waals surface area contributed by atoms with Crippen molar-refractivity contribution < 1.29 is 14.5 Å². The van der Waals surface area contributed by atoms with Crippen LogP contribution in [0.25, 0.3) is 11.1 Å². The first kappa shape index (κ1) is 27.6.